The van der Waals surface area contributed by atoms with Crippen LogP contribution in [0.1, 0.15) is 16.1 Å². The van der Waals surface area contributed by atoms with Gasteiger partial charge in [-0.15, -0.1) is 0 Å². The van der Waals surface area contributed by atoms with Crippen molar-refractivity contribution in [3.05, 3.63) is 53.6 Å². The molecule has 0 atom stereocenters. The second-order valence-corrected chi connectivity index (χ2v) is 10.4. The molecule has 1 amide bonds. The van der Waals surface area contributed by atoms with Gasteiger partial charge in [-0.25, -0.2) is 22.8 Å². The van der Waals surface area contributed by atoms with Crippen molar-refractivity contribution < 1.29 is 17.6 Å². The number of nitrogens with one attached hydrogen (secondary N) is 2. The number of H-pyrrole nitrogens is 1. The number of fused-ring (bicyclic) bond motifs is 1. The number of nitrogens with two attached hydrogens (primary N) is 2. The first kappa shape index (κ1) is 21.8. The highest BCUT2D eigenvalue weighted by Crippen LogP contribution is 2.37. The number of nitrogen functional groups attached to an aromatic ring is 1. The van der Waals surface area contributed by atoms with Crippen LogP contribution in [0.3, 0.4) is 0 Å². The molecule has 5 rings (SSSR count). The Bertz CT molecular complexity index is 1570. The average molecular weight is 482 g/mol. The molecule has 0 spiro atoms. The lowest BCUT2D eigenvalue weighted by Crippen LogP contribution is -2.46. The van der Waals surface area contributed by atoms with Crippen LogP contribution < -0.4 is 16.8 Å². The summed E-state index contributed by atoms with van der Waals surface area (Å²) >= 11 is 0. The molecule has 1 fully saturated rings. The number of aromatic nitrogens is 4. The van der Waals surface area contributed by atoms with Crippen molar-refractivity contribution in [1.29, 1.82) is 0 Å². The Hall–Kier alpha value is -4.06. The van der Waals surface area contributed by atoms with Crippen LogP contribution in [0.5, 0.6) is 0 Å². The van der Waals surface area contributed by atoms with Gasteiger partial charge in [0.2, 0.25) is 0 Å². The van der Waals surface area contributed by atoms with E-state index in [0.717, 1.165) is 16.5 Å². The molecule has 10 nitrogen and oxygen atoms in total. The van der Waals surface area contributed by atoms with Gasteiger partial charge >= 0.3 is 0 Å². The lowest BCUT2D eigenvalue weighted by atomic mass is 9.99. The molecule has 1 aliphatic rings. The molecule has 4 aromatic rings. The molecule has 3 heterocycles. The molecule has 2 aromatic carbocycles. The van der Waals surface area contributed by atoms with E-state index in [4.69, 9.17) is 11.5 Å². The van der Waals surface area contributed by atoms with E-state index in [2.05, 4.69) is 25.5 Å². The molecular formula is C22H20FN7O3S. The molecule has 12 heteroatoms. The Balaban J connectivity index is 1.71. The molecule has 0 saturated carbocycles. The minimum Gasteiger partial charge on any atom is -0.395 e. The predicted molar refractivity (Wildman–Crippen MR) is 126 cm³/mol. The predicted octanol–water partition coefficient (Wildman–Crippen LogP) is 2.02. The molecule has 174 valence electrons. The standard InChI is InChI=1S/C22H20FN7O3S/c1-10-2-5-15-14(7-26-30-15)17(10)19-18(24)20(21(25)31)29-22(28-19)13-4-3-11(23)6-16(13)27-12-8-34(32,33)9-12/h2-7,12,27H,8-9,24H2,1H3,(H2,25,31)(H,26,30). The number of benzene rings is 2. The number of primary amides is 1. The SMILES string of the molecule is Cc1ccc2[nH]ncc2c1-c1nc(-c2ccc(F)cc2NC2CS(=O)(=O)C2)nc(C(N)=O)c1N. The third kappa shape index (κ3) is 3.71. The second-order valence-electron chi connectivity index (χ2n) is 8.22. The third-order valence-corrected chi connectivity index (χ3v) is 7.56. The Morgan fingerprint density at radius 1 is 1.21 bits per heavy atom. The van der Waals surface area contributed by atoms with E-state index >= 15 is 0 Å². The monoisotopic (exact) mass is 481 g/mol. The van der Waals surface area contributed by atoms with Crippen molar-refractivity contribution in [2.24, 2.45) is 5.73 Å². The summed E-state index contributed by atoms with van der Waals surface area (Å²) in [5, 5.41) is 10.7. The minimum absolute atomic E-state index is 0.00903. The van der Waals surface area contributed by atoms with E-state index in [1.165, 1.54) is 18.2 Å². The molecule has 0 aliphatic carbocycles. The number of carbonyl (C=O) groups is 1. The van der Waals surface area contributed by atoms with Crippen molar-refractivity contribution in [1.82, 2.24) is 20.2 Å². The number of carbonyl (C=O) groups excluding carboxylic acids is 1. The zero-order chi connectivity index (χ0) is 24.2. The van der Waals surface area contributed by atoms with Crippen LogP contribution >= 0.6 is 0 Å². The summed E-state index contributed by atoms with van der Waals surface area (Å²) in [5.41, 5.74) is 14.9. The Morgan fingerprint density at radius 3 is 2.68 bits per heavy atom. The molecule has 2 aromatic heterocycles. The largest absolute Gasteiger partial charge is 0.395 e. The fraction of sp³-hybridized carbons (Fsp3) is 0.182. The first-order valence-electron chi connectivity index (χ1n) is 10.3. The van der Waals surface area contributed by atoms with Crippen LogP contribution in [0.4, 0.5) is 15.8 Å². The highest BCUT2D eigenvalue weighted by Gasteiger charge is 2.34. The van der Waals surface area contributed by atoms with Crippen molar-refractivity contribution in [2.75, 3.05) is 22.6 Å². The maximum absolute atomic E-state index is 14.1. The van der Waals surface area contributed by atoms with E-state index < -0.39 is 21.6 Å². The fourth-order valence-electron chi connectivity index (χ4n) is 4.11. The number of aromatic amines is 1. The topological polar surface area (TPSA) is 170 Å². The summed E-state index contributed by atoms with van der Waals surface area (Å²) in [6.07, 6.45) is 1.63. The molecular weight excluding hydrogens is 461 g/mol. The van der Waals surface area contributed by atoms with Gasteiger partial charge in [0.1, 0.15) is 5.82 Å². The van der Waals surface area contributed by atoms with Crippen molar-refractivity contribution in [3.8, 4) is 22.6 Å². The first-order chi connectivity index (χ1) is 16.1. The summed E-state index contributed by atoms with van der Waals surface area (Å²) < 4.78 is 37.2. The quantitative estimate of drug-likeness (QED) is 0.335. The number of halogens is 1. The van der Waals surface area contributed by atoms with E-state index in [1.54, 1.807) is 6.20 Å². The van der Waals surface area contributed by atoms with Gasteiger partial charge in [0.05, 0.1) is 40.6 Å². The van der Waals surface area contributed by atoms with Crippen molar-refractivity contribution in [2.45, 2.75) is 13.0 Å². The van der Waals surface area contributed by atoms with E-state index in [9.17, 15) is 17.6 Å². The first-order valence-corrected chi connectivity index (χ1v) is 12.1. The Kier molecular flexibility index (Phi) is 4.97. The van der Waals surface area contributed by atoms with E-state index in [0.29, 0.717) is 16.8 Å². The molecule has 34 heavy (non-hydrogen) atoms. The van der Waals surface area contributed by atoms with E-state index in [-0.39, 0.29) is 40.4 Å². The van der Waals surface area contributed by atoms with Gasteiger partial charge in [0.25, 0.3) is 5.91 Å². The van der Waals surface area contributed by atoms with Crippen LogP contribution in [-0.2, 0) is 9.84 Å². The Labute approximate surface area is 193 Å². The van der Waals surface area contributed by atoms with Crippen LogP contribution in [0.2, 0.25) is 0 Å². The zero-order valence-electron chi connectivity index (χ0n) is 18.0. The van der Waals surface area contributed by atoms with Gasteiger partial charge in [-0.2, -0.15) is 5.10 Å². The van der Waals surface area contributed by atoms with Crippen LogP contribution in [0.25, 0.3) is 33.5 Å². The summed E-state index contributed by atoms with van der Waals surface area (Å²) in [7, 11) is -3.10. The highest BCUT2D eigenvalue weighted by atomic mass is 32.2. The molecule has 0 unspecified atom stereocenters. The summed E-state index contributed by atoms with van der Waals surface area (Å²) in [6.45, 7) is 1.87. The molecule has 1 aliphatic heterocycles. The number of anilines is 2. The lowest BCUT2D eigenvalue weighted by Gasteiger charge is -2.28. The van der Waals surface area contributed by atoms with Gasteiger partial charge < -0.3 is 16.8 Å². The summed E-state index contributed by atoms with van der Waals surface area (Å²) in [4.78, 5) is 21.2. The summed E-state index contributed by atoms with van der Waals surface area (Å²) in [5.74, 6) is -1.42. The molecule has 0 radical (unpaired) electrons. The normalized spacial score (nSPS) is 15.2. The average Bonchev–Trinajstić information content (AvgIpc) is 3.22. The lowest BCUT2D eigenvalue weighted by molar-refractivity contribution is 0.0996. The van der Waals surface area contributed by atoms with Crippen LogP contribution in [0.15, 0.2) is 36.5 Å². The van der Waals surface area contributed by atoms with Crippen molar-refractivity contribution in [3.63, 3.8) is 0 Å². The molecule has 0 bridgehead atoms. The minimum atomic E-state index is -3.10. The number of sulfone groups is 1. The van der Waals surface area contributed by atoms with Gasteiger partial charge in [-0.3, -0.25) is 9.89 Å². The molecule has 1 saturated heterocycles. The number of hydrogen-bond acceptors (Lipinski definition) is 8. The summed E-state index contributed by atoms with van der Waals surface area (Å²) in [6, 6.07) is 7.26. The van der Waals surface area contributed by atoms with Gasteiger partial charge in [0, 0.05) is 22.2 Å². The zero-order valence-corrected chi connectivity index (χ0v) is 18.8. The van der Waals surface area contributed by atoms with Gasteiger partial charge in [0.15, 0.2) is 21.4 Å². The van der Waals surface area contributed by atoms with Gasteiger partial charge in [-0.1, -0.05) is 6.07 Å². The maximum atomic E-state index is 14.1. The maximum Gasteiger partial charge on any atom is 0.269 e. The number of hydrogen-bond donors (Lipinski definition) is 4. The Morgan fingerprint density at radius 2 is 1.97 bits per heavy atom. The van der Waals surface area contributed by atoms with Crippen LogP contribution in [-0.4, -0.2) is 52.0 Å². The number of rotatable bonds is 5. The molecule has 6 N–H and O–H groups in total. The van der Waals surface area contributed by atoms with Crippen molar-refractivity contribution >= 4 is 38.0 Å². The third-order valence-electron chi connectivity index (χ3n) is 5.74. The van der Waals surface area contributed by atoms with Crippen LogP contribution in [0, 0.1) is 12.7 Å². The number of aryl methyl sites for hydroxylation is 1. The highest BCUT2D eigenvalue weighted by molar-refractivity contribution is 7.92. The number of nitrogens with zero attached hydrogens (tertiary/aromatic N) is 3. The van der Waals surface area contributed by atoms with Gasteiger partial charge in [-0.05, 0) is 36.8 Å². The smallest absolute Gasteiger partial charge is 0.269 e. The number of amides is 1. The second kappa shape index (κ2) is 7.76. The van der Waals surface area contributed by atoms with E-state index in [1.807, 2.05) is 19.1 Å². The fourth-order valence-corrected chi connectivity index (χ4v) is 5.40.